The number of aromatic nitrogens is 1. The van der Waals surface area contributed by atoms with Crippen LogP contribution in [0.4, 0.5) is 0 Å². The van der Waals surface area contributed by atoms with E-state index in [4.69, 9.17) is 0 Å². The summed E-state index contributed by atoms with van der Waals surface area (Å²) in [5.41, 5.74) is 2.84. The number of rotatable bonds is 6. The lowest BCUT2D eigenvalue weighted by atomic mass is 10.1. The SMILES string of the molecule is CCN(CC)S(=O)(=O)NC(=O)Cc1c[nH]c2c(C)cccc12. The van der Waals surface area contributed by atoms with Crippen LogP contribution >= 0.6 is 0 Å². The van der Waals surface area contributed by atoms with E-state index in [0.29, 0.717) is 13.1 Å². The van der Waals surface area contributed by atoms with Crippen molar-refractivity contribution < 1.29 is 13.2 Å². The first-order valence-electron chi connectivity index (χ1n) is 7.25. The molecule has 0 aliphatic heterocycles. The highest BCUT2D eigenvalue weighted by atomic mass is 32.2. The maximum absolute atomic E-state index is 12.1. The van der Waals surface area contributed by atoms with Crippen LogP contribution in [0.5, 0.6) is 0 Å². The monoisotopic (exact) mass is 323 g/mol. The standard InChI is InChI=1S/C15H21N3O3S/c1-4-18(5-2)22(20,21)17-14(19)9-12-10-16-15-11(3)7-6-8-13(12)15/h6-8,10,16H,4-5,9H2,1-3H3,(H,17,19). The van der Waals surface area contributed by atoms with Crippen LogP contribution in [-0.2, 0) is 21.4 Å². The molecule has 2 rings (SSSR count). The topological polar surface area (TPSA) is 82.3 Å². The van der Waals surface area contributed by atoms with Crippen molar-refractivity contribution >= 4 is 27.0 Å². The fraction of sp³-hybridized carbons (Fsp3) is 0.400. The molecular weight excluding hydrogens is 302 g/mol. The number of carbonyl (C=O) groups is 1. The third kappa shape index (κ3) is 3.31. The lowest BCUT2D eigenvalue weighted by molar-refractivity contribution is -0.118. The summed E-state index contributed by atoms with van der Waals surface area (Å²) in [6.07, 6.45) is 1.77. The molecule has 0 saturated carbocycles. The fourth-order valence-electron chi connectivity index (χ4n) is 2.49. The third-order valence-corrected chi connectivity index (χ3v) is 5.33. The second-order valence-electron chi connectivity index (χ2n) is 5.10. The maximum Gasteiger partial charge on any atom is 0.303 e. The molecule has 0 saturated heterocycles. The van der Waals surface area contributed by atoms with E-state index in [1.807, 2.05) is 25.1 Å². The largest absolute Gasteiger partial charge is 0.361 e. The van der Waals surface area contributed by atoms with Gasteiger partial charge < -0.3 is 4.98 Å². The highest BCUT2D eigenvalue weighted by Gasteiger charge is 2.21. The molecule has 1 amide bonds. The summed E-state index contributed by atoms with van der Waals surface area (Å²) in [4.78, 5) is 15.2. The Kier molecular flexibility index (Phi) is 4.87. The van der Waals surface area contributed by atoms with Crippen molar-refractivity contribution in [1.82, 2.24) is 14.0 Å². The summed E-state index contributed by atoms with van der Waals surface area (Å²) in [5.74, 6) is -0.533. The molecule has 1 aromatic heterocycles. The van der Waals surface area contributed by atoms with Gasteiger partial charge in [0.05, 0.1) is 6.42 Å². The zero-order valence-corrected chi connectivity index (χ0v) is 13.8. The van der Waals surface area contributed by atoms with Crippen molar-refractivity contribution in [3.05, 3.63) is 35.5 Å². The Morgan fingerprint density at radius 1 is 1.27 bits per heavy atom. The van der Waals surface area contributed by atoms with E-state index in [0.717, 1.165) is 22.0 Å². The number of fused-ring (bicyclic) bond motifs is 1. The number of H-pyrrole nitrogens is 1. The van der Waals surface area contributed by atoms with Crippen molar-refractivity contribution in [3.63, 3.8) is 0 Å². The molecule has 2 aromatic rings. The Labute approximate surface area is 130 Å². The molecule has 7 heteroatoms. The third-order valence-electron chi connectivity index (χ3n) is 3.65. The van der Waals surface area contributed by atoms with Crippen LogP contribution in [0.15, 0.2) is 24.4 Å². The minimum absolute atomic E-state index is 0.0178. The first-order valence-corrected chi connectivity index (χ1v) is 8.69. The second-order valence-corrected chi connectivity index (χ2v) is 6.77. The normalized spacial score (nSPS) is 12.0. The van der Waals surface area contributed by atoms with Crippen molar-refractivity contribution in [2.75, 3.05) is 13.1 Å². The lowest BCUT2D eigenvalue weighted by Crippen LogP contribution is -2.43. The van der Waals surface area contributed by atoms with Crippen LogP contribution < -0.4 is 4.72 Å². The van der Waals surface area contributed by atoms with Crippen LogP contribution in [0.1, 0.15) is 25.0 Å². The molecular formula is C15H21N3O3S. The van der Waals surface area contributed by atoms with Crippen LogP contribution in [0.3, 0.4) is 0 Å². The molecule has 6 nitrogen and oxygen atoms in total. The highest BCUT2D eigenvalue weighted by molar-refractivity contribution is 7.87. The number of amides is 1. The molecule has 2 N–H and O–H groups in total. The quantitative estimate of drug-likeness (QED) is 0.849. The second kappa shape index (κ2) is 6.50. The molecule has 0 atom stereocenters. The van der Waals surface area contributed by atoms with Gasteiger partial charge in [-0.25, -0.2) is 4.72 Å². The molecule has 0 bridgehead atoms. The predicted octanol–water partition coefficient (Wildman–Crippen LogP) is 1.72. The van der Waals surface area contributed by atoms with E-state index < -0.39 is 16.1 Å². The summed E-state index contributed by atoms with van der Waals surface area (Å²) in [7, 11) is -3.76. The smallest absolute Gasteiger partial charge is 0.303 e. The number of hydrogen-bond acceptors (Lipinski definition) is 3. The number of benzene rings is 1. The Morgan fingerprint density at radius 3 is 2.59 bits per heavy atom. The molecule has 120 valence electrons. The van der Waals surface area contributed by atoms with E-state index >= 15 is 0 Å². The molecule has 0 aliphatic carbocycles. The van der Waals surface area contributed by atoms with E-state index in [9.17, 15) is 13.2 Å². The average molecular weight is 323 g/mol. The number of aryl methyl sites for hydroxylation is 1. The summed E-state index contributed by atoms with van der Waals surface area (Å²) >= 11 is 0. The van der Waals surface area contributed by atoms with Gasteiger partial charge in [0, 0.05) is 30.2 Å². The van der Waals surface area contributed by atoms with E-state index in [1.54, 1.807) is 20.0 Å². The molecule has 0 aliphatic rings. The zero-order valence-electron chi connectivity index (χ0n) is 13.0. The van der Waals surface area contributed by atoms with Gasteiger partial charge in [0.2, 0.25) is 5.91 Å². The van der Waals surface area contributed by atoms with E-state index in [-0.39, 0.29) is 6.42 Å². The maximum atomic E-state index is 12.1. The van der Waals surface area contributed by atoms with Gasteiger partial charge in [-0.3, -0.25) is 4.79 Å². The summed E-state index contributed by atoms with van der Waals surface area (Å²) in [6.45, 7) is 6.09. The van der Waals surface area contributed by atoms with Crippen LogP contribution in [-0.4, -0.2) is 36.7 Å². The van der Waals surface area contributed by atoms with Crippen molar-refractivity contribution in [3.8, 4) is 0 Å². The number of aromatic amines is 1. The number of para-hydroxylation sites is 1. The van der Waals surface area contributed by atoms with E-state index in [1.165, 1.54) is 4.31 Å². The van der Waals surface area contributed by atoms with Crippen molar-refractivity contribution in [2.24, 2.45) is 0 Å². The number of nitrogens with one attached hydrogen (secondary N) is 2. The molecule has 0 unspecified atom stereocenters. The van der Waals surface area contributed by atoms with Gasteiger partial charge in [0.25, 0.3) is 0 Å². The number of nitrogens with zero attached hydrogens (tertiary/aromatic N) is 1. The average Bonchev–Trinajstić information content (AvgIpc) is 2.83. The van der Waals surface area contributed by atoms with Gasteiger partial charge in [-0.05, 0) is 18.1 Å². The summed E-state index contributed by atoms with van der Waals surface area (Å²) in [6, 6.07) is 5.81. The van der Waals surface area contributed by atoms with Crippen LogP contribution in [0.2, 0.25) is 0 Å². The van der Waals surface area contributed by atoms with Crippen molar-refractivity contribution in [2.45, 2.75) is 27.2 Å². The van der Waals surface area contributed by atoms with Gasteiger partial charge in [-0.15, -0.1) is 0 Å². The minimum Gasteiger partial charge on any atom is -0.361 e. The van der Waals surface area contributed by atoms with Gasteiger partial charge in [-0.2, -0.15) is 12.7 Å². The van der Waals surface area contributed by atoms with Gasteiger partial charge in [0.1, 0.15) is 0 Å². The Bertz CT molecular complexity index is 776. The fourth-order valence-corrected chi connectivity index (χ4v) is 3.66. The summed E-state index contributed by atoms with van der Waals surface area (Å²) < 4.78 is 27.4. The van der Waals surface area contributed by atoms with Gasteiger partial charge >= 0.3 is 10.2 Å². The highest BCUT2D eigenvalue weighted by Crippen LogP contribution is 2.21. The molecule has 0 radical (unpaired) electrons. The van der Waals surface area contributed by atoms with Crippen molar-refractivity contribution in [1.29, 1.82) is 0 Å². The Balaban J connectivity index is 2.16. The van der Waals surface area contributed by atoms with Crippen LogP contribution in [0.25, 0.3) is 10.9 Å². The van der Waals surface area contributed by atoms with E-state index in [2.05, 4.69) is 9.71 Å². The summed E-state index contributed by atoms with van der Waals surface area (Å²) in [5, 5.41) is 0.940. The van der Waals surface area contributed by atoms with Gasteiger partial charge in [0.15, 0.2) is 0 Å². The first kappa shape index (κ1) is 16.5. The molecule has 1 aromatic carbocycles. The first-order chi connectivity index (χ1) is 10.4. The number of carbonyl (C=O) groups excluding carboxylic acids is 1. The predicted molar refractivity (Wildman–Crippen MR) is 86.7 cm³/mol. The molecule has 1 heterocycles. The Hall–Kier alpha value is -1.86. The Morgan fingerprint density at radius 2 is 1.95 bits per heavy atom. The van der Waals surface area contributed by atoms with Gasteiger partial charge in [-0.1, -0.05) is 32.0 Å². The molecule has 0 spiro atoms. The number of hydrogen-bond donors (Lipinski definition) is 2. The lowest BCUT2D eigenvalue weighted by Gasteiger charge is -2.18. The minimum atomic E-state index is -3.76. The molecule has 0 fully saturated rings. The van der Waals surface area contributed by atoms with Crippen LogP contribution in [0, 0.1) is 6.92 Å². The molecule has 22 heavy (non-hydrogen) atoms. The zero-order chi connectivity index (χ0) is 16.3.